The van der Waals surface area contributed by atoms with Gasteiger partial charge in [0.15, 0.2) is 21.8 Å². The van der Waals surface area contributed by atoms with Gasteiger partial charge < -0.3 is 29.0 Å². The van der Waals surface area contributed by atoms with Crippen LogP contribution in [0.1, 0.15) is 24.0 Å². The number of ether oxygens (including phenoxy) is 2. The van der Waals surface area contributed by atoms with Gasteiger partial charge in [-0.15, -0.1) is 11.3 Å². The number of thiophene rings is 1. The number of sulfone groups is 1. The van der Waals surface area contributed by atoms with Crippen molar-refractivity contribution >= 4 is 54.6 Å². The lowest BCUT2D eigenvalue weighted by Gasteiger charge is -2.38. The van der Waals surface area contributed by atoms with Crippen LogP contribution in [0.25, 0.3) is 0 Å². The first-order chi connectivity index (χ1) is 27.2. The van der Waals surface area contributed by atoms with Crippen molar-refractivity contribution in [3.05, 3.63) is 120 Å². The number of nitrogens with zero attached hydrogens (tertiary/aromatic N) is 2. The Morgan fingerprint density at radius 3 is 2.33 bits per heavy atom. The lowest BCUT2D eigenvalue weighted by molar-refractivity contribution is -0.918. The quantitative estimate of drug-likeness (QED) is 0.0844. The maximum absolute atomic E-state index is 14.3. The number of likely N-dealkylation sites (tertiary alicyclic amines) is 1. The minimum Gasteiger partial charge on any atom is -0.508 e. The number of aromatic hydroxyl groups is 1. The highest BCUT2D eigenvalue weighted by Gasteiger charge is 2.39. The second-order valence-corrected chi connectivity index (χ2v) is 18.7. The minimum absolute atomic E-state index is 0.0302. The average molecular weight is 833 g/mol. The molecule has 0 spiro atoms. The number of amides is 3. The zero-order valence-corrected chi connectivity index (χ0v) is 33.2. The number of quaternary nitrogens is 1. The SMILES string of the molecule is C[N+]1(Cc2ccc3c(c2)OCO3)CCC/C(=[N+](\C(=O)Nc2ccc(OS(=O)(=O)c3cc(S(=O)(=O)c4ccccc4)cs3)cc2)[C@@H](Cc2ccc(O)cc2)C(N)=O)C1. The van der Waals surface area contributed by atoms with E-state index in [-0.39, 0.29) is 44.4 Å². The Bertz CT molecular complexity index is 2560. The Kier molecular flexibility index (Phi) is 11.1. The molecule has 1 saturated heterocycles. The largest absolute Gasteiger partial charge is 0.508 e. The van der Waals surface area contributed by atoms with E-state index < -0.39 is 37.9 Å². The molecule has 4 N–H and O–H groups in total. The van der Waals surface area contributed by atoms with Gasteiger partial charge in [-0.3, -0.25) is 4.79 Å². The summed E-state index contributed by atoms with van der Waals surface area (Å²) in [7, 11) is -6.27. The van der Waals surface area contributed by atoms with Crippen molar-refractivity contribution in [2.24, 2.45) is 5.73 Å². The summed E-state index contributed by atoms with van der Waals surface area (Å²) >= 11 is 0.717. The molecule has 0 radical (unpaired) electrons. The van der Waals surface area contributed by atoms with Crippen molar-refractivity contribution in [3.63, 3.8) is 0 Å². The highest BCUT2D eigenvalue weighted by molar-refractivity contribution is 7.92. The minimum atomic E-state index is -4.42. The summed E-state index contributed by atoms with van der Waals surface area (Å²) in [5.41, 5.74) is 8.71. The number of carbonyl (C=O) groups is 2. The summed E-state index contributed by atoms with van der Waals surface area (Å²) in [6.07, 6.45) is 1.35. The number of nitrogens with two attached hydrogens (primary N) is 1. The number of phenols is 1. The number of nitrogens with one attached hydrogen (secondary N) is 1. The van der Waals surface area contributed by atoms with Gasteiger partial charge in [-0.2, -0.15) is 17.8 Å². The van der Waals surface area contributed by atoms with Crippen LogP contribution in [-0.4, -0.2) is 81.6 Å². The number of phenolic OH excluding ortho intramolecular Hbond substituents is 1. The van der Waals surface area contributed by atoms with Gasteiger partial charge in [0.25, 0.3) is 5.91 Å². The molecule has 5 aromatic rings. The fourth-order valence-electron chi connectivity index (χ4n) is 7.01. The zero-order valence-electron chi connectivity index (χ0n) is 30.7. The van der Waals surface area contributed by atoms with Crippen LogP contribution in [0.5, 0.6) is 23.0 Å². The number of primary amides is 1. The topological polar surface area (TPSA) is 191 Å². The molecule has 3 heterocycles. The van der Waals surface area contributed by atoms with E-state index in [1.807, 2.05) is 18.2 Å². The maximum Gasteiger partial charge on any atom is 0.496 e. The predicted octanol–water partition coefficient (Wildman–Crippen LogP) is 5.31. The molecule has 17 heteroatoms. The van der Waals surface area contributed by atoms with Crippen LogP contribution in [0.4, 0.5) is 10.5 Å². The van der Waals surface area contributed by atoms with E-state index in [1.54, 1.807) is 30.3 Å². The number of fused-ring (bicyclic) bond motifs is 1. The third-order valence-electron chi connectivity index (χ3n) is 9.77. The van der Waals surface area contributed by atoms with Crippen molar-refractivity contribution in [2.45, 2.75) is 45.8 Å². The molecular formula is C40H40N4O10S3+2. The number of carbonyl (C=O) groups excluding carboxylic acids is 2. The molecule has 3 amide bonds. The second-order valence-electron chi connectivity index (χ2n) is 14.1. The van der Waals surface area contributed by atoms with E-state index in [1.165, 1.54) is 58.5 Å². The Hall–Kier alpha value is -5.75. The molecule has 2 aliphatic rings. The third kappa shape index (κ3) is 8.96. The highest BCUT2D eigenvalue weighted by Crippen LogP contribution is 2.34. The number of hydrogen-bond donors (Lipinski definition) is 3. The van der Waals surface area contributed by atoms with Crippen LogP contribution in [0.15, 0.2) is 123 Å². The maximum atomic E-state index is 14.3. The summed E-state index contributed by atoms with van der Waals surface area (Å²) in [5.74, 6) is 0.615. The van der Waals surface area contributed by atoms with Crippen molar-refractivity contribution < 1.29 is 54.2 Å². The van der Waals surface area contributed by atoms with E-state index in [4.69, 9.17) is 19.4 Å². The van der Waals surface area contributed by atoms with Crippen LogP contribution >= 0.6 is 11.3 Å². The van der Waals surface area contributed by atoms with Crippen LogP contribution in [-0.2, 0) is 37.7 Å². The molecule has 7 rings (SSSR count). The summed E-state index contributed by atoms with van der Waals surface area (Å²) in [6.45, 7) is 2.03. The van der Waals surface area contributed by atoms with Gasteiger partial charge in [0.1, 0.15) is 36.0 Å². The van der Waals surface area contributed by atoms with Gasteiger partial charge in [-0.05, 0) is 78.4 Å². The van der Waals surface area contributed by atoms with E-state index >= 15 is 0 Å². The first-order valence-corrected chi connectivity index (χ1v) is 21.6. The monoisotopic (exact) mass is 832 g/mol. The summed E-state index contributed by atoms with van der Waals surface area (Å²) < 4.78 is 70.4. The molecule has 1 unspecified atom stereocenters. The van der Waals surface area contributed by atoms with Crippen molar-refractivity contribution in [1.29, 1.82) is 0 Å². The van der Waals surface area contributed by atoms with Gasteiger partial charge >= 0.3 is 16.1 Å². The molecule has 0 bridgehead atoms. The third-order valence-corrected chi connectivity index (χ3v) is 14.3. The molecule has 4 aromatic carbocycles. The summed E-state index contributed by atoms with van der Waals surface area (Å²) in [5, 5.41) is 13.9. The van der Waals surface area contributed by atoms with E-state index in [9.17, 15) is 31.5 Å². The van der Waals surface area contributed by atoms with Gasteiger partial charge in [-0.1, -0.05) is 30.3 Å². The standard InChI is InChI=1S/C40H38N4O10S3/c1-44(23-28-11-18-36-37(21-28)53-26-52-36)19-5-6-30(24-44)43(35(39(41)46)20-27-9-14-31(45)15-10-27)40(47)42-29-12-16-32(17-13-29)54-57(50,51)38-22-34(25-55-38)56(48,49)33-7-3-2-4-8-33/h2-4,7-18,21-22,25,35H,5-6,19-20,23-24,26H2,1H3,(H2-2,41,42,45,46,47)/p+2/b43-30+/t35-,44?/m0/s1. The first kappa shape index (κ1) is 39.5. The number of benzene rings is 4. The van der Waals surface area contributed by atoms with Gasteiger partial charge in [0.05, 0.1) is 23.4 Å². The summed E-state index contributed by atoms with van der Waals surface area (Å²) in [6, 6.07) is 24.8. The van der Waals surface area contributed by atoms with Crippen molar-refractivity contribution in [1.82, 2.24) is 0 Å². The molecule has 0 aliphatic carbocycles. The number of piperidine rings is 1. The van der Waals surface area contributed by atoms with E-state index in [0.717, 1.165) is 35.9 Å². The predicted molar refractivity (Wildman–Crippen MR) is 211 cm³/mol. The number of hydrogen-bond acceptors (Lipinski definition) is 11. The van der Waals surface area contributed by atoms with Gasteiger partial charge in [0, 0.05) is 30.2 Å². The van der Waals surface area contributed by atoms with Crippen molar-refractivity contribution in [3.8, 4) is 23.0 Å². The van der Waals surface area contributed by atoms with Crippen LogP contribution < -0.4 is 24.7 Å². The molecule has 0 saturated carbocycles. The second kappa shape index (κ2) is 16.0. The Morgan fingerprint density at radius 2 is 1.61 bits per heavy atom. The van der Waals surface area contributed by atoms with Crippen molar-refractivity contribution in [2.75, 3.05) is 32.2 Å². The normalized spacial score (nSPS) is 18.1. The van der Waals surface area contributed by atoms with E-state index in [0.29, 0.717) is 46.8 Å². The lowest BCUT2D eigenvalue weighted by atomic mass is 10.0. The summed E-state index contributed by atoms with van der Waals surface area (Å²) in [4.78, 5) is 27.4. The molecule has 14 nitrogen and oxygen atoms in total. The molecular weight excluding hydrogens is 793 g/mol. The lowest BCUT2D eigenvalue weighted by Crippen LogP contribution is -2.56. The number of urea groups is 1. The van der Waals surface area contributed by atoms with Gasteiger partial charge in [-0.25, -0.2) is 13.7 Å². The zero-order chi connectivity index (χ0) is 40.4. The molecule has 57 heavy (non-hydrogen) atoms. The van der Waals surface area contributed by atoms with E-state index in [2.05, 4.69) is 12.4 Å². The Balaban J connectivity index is 1.12. The fourth-order valence-corrected chi connectivity index (χ4v) is 10.8. The molecule has 2 aliphatic heterocycles. The van der Waals surface area contributed by atoms with Crippen LogP contribution in [0.2, 0.25) is 0 Å². The smallest absolute Gasteiger partial charge is 0.496 e. The highest BCUT2D eigenvalue weighted by atomic mass is 32.3. The number of rotatable bonds is 12. The number of anilines is 1. The van der Waals surface area contributed by atoms with Crippen LogP contribution in [0, 0.1) is 0 Å². The molecule has 1 fully saturated rings. The Labute approximate surface area is 334 Å². The Morgan fingerprint density at radius 1 is 0.912 bits per heavy atom. The first-order valence-electron chi connectivity index (χ1n) is 17.9. The van der Waals surface area contributed by atoms with Crippen LogP contribution in [0.3, 0.4) is 0 Å². The van der Waals surface area contributed by atoms with Gasteiger partial charge in [0.2, 0.25) is 16.6 Å². The fraction of sp³-hybridized carbons (Fsp3) is 0.225. The average Bonchev–Trinajstić information content (AvgIpc) is 3.88. The molecule has 2 atom stereocenters. The molecule has 296 valence electrons. The molecule has 1 aromatic heterocycles.